The second-order valence-electron chi connectivity index (χ2n) is 4.96. The highest BCUT2D eigenvalue weighted by Crippen LogP contribution is 2.25. The van der Waals surface area contributed by atoms with Crippen molar-refractivity contribution in [3.05, 3.63) is 35.2 Å². The topological polar surface area (TPSA) is 68.0 Å². The predicted molar refractivity (Wildman–Crippen MR) is 83.2 cm³/mol. The maximum absolute atomic E-state index is 10.8. The number of carboxylic acid groups (broad SMARTS) is 1. The fraction of sp³-hybridized carbons (Fsp3) is 0.400. The zero-order valence-electron chi connectivity index (χ0n) is 12.5. The monoisotopic (exact) mass is 305 g/mol. The molecule has 112 valence electrons. The van der Waals surface area contributed by atoms with Gasteiger partial charge in [-0.2, -0.15) is 0 Å². The van der Waals surface area contributed by atoms with E-state index in [2.05, 4.69) is 35.3 Å². The van der Waals surface area contributed by atoms with Gasteiger partial charge in [0.05, 0.1) is 11.4 Å². The molecule has 1 heterocycles. The molecule has 0 aliphatic rings. The van der Waals surface area contributed by atoms with Gasteiger partial charge in [0.1, 0.15) is 5.82 Å². The van der Waals surface area contributed by atoms with Gasteiger partial charge >= 0.3 is 5.97 Å². The minimum absolute atomic E-state index is 0.0187. The SMILES string of the molecule is CCCc1nnc(SCC(=O)O)n1-c1cc(C)ccc1C. The Kier molecular flexibility index (Phi) is 5.01. The van der Waals surface area contributed by atoms with E-state index in [1.807, 2.05) is 18.4 Å². The normalized spacial score (nSPS) is 10.8. The lowest BCUT2D eigenvalue weighted by Crippen LogP contribution is -2.06. The molecule has 0 saturated carbocycles. The molecule has 0 spiro atoms. The second kappa shape index (κ2) is 6.76. The lowest BCUT2D eigenvalue weighted by molar-refractivity contribution is -0.133. The third-order valence-corrected chi connectivity index (χ3v) is 4.02. The summed E-state index contributed by atoms with van der Waals surface area (Å²) in [6, 6.07) is 6.21. The molecule has 1 N–H and O–H groups in total. The Balaban J connectivity index is 2.49. The van der Waals surface area contributed by atoms with Crippen LogP contribution in [0.3, 0.4) is 0 Å². The van der Waals surface area contributed by atoms with Gasteiger partial charge in [-0.05, 0) is 37.5 Å². The van der Waals surface area contributed by atoms with Gasteiger partial charge in [0, 0.05) is 6.42 Å². The van der Waals surface area contributed by atoms with Crippen molar-refractivity contribution < 1.29 is 9.90 Å². The molecule has 0 bridgehead atoms. The molecule has 0 unspecified atom stereocenters. The number of thioether (sulfide) groups is 1. The first-order valence-electron chi connectivity index (χ1n) is 6.89. The van der Waals surface area contributed by atoms with Crippen molar-refractivity contribution in [2.24, 2.45) is 0 Å². The minimum Gasteiger partial charge on any atom is -0.481 e. The Morgan fingerprint density at radius 2 is 2.10 bits per heavy atom. The number of aromatic nitrogens is 3. The Morgan fingerprint density at radius 1 is 1.33 bits per heavy atom. The predicted octanol–water partition coefficient (Wildman–Crippen LogP) is 3.01. The number of aryl methyl sites for hydroxylation is 3. The van der Waals surface area contributed by atoms with E-state index >= 15 is 0 Å². The molecule has 1 aromatic carbocycles. The van der Waals surface area contributed by atoms with Gasteiger partial charge in [-0.25, -0.2) is 0 Å². The van der Waals surface area contributed by atoms with Gasteiger partial charge in [0.25, 0.3) is 0 Å². The zero-order valence-corrected chi connectivity index (χ0v) is 13.3. The molecule has 0 aliphatic heterocycles. The zero-order chi connectivity index (χ0) is 15.4. The van der Waals surface area contributed by atoms with Crippen molar-refractivity contribution >= 4 is 17.7 Å². The summed E-state index contributed by atoms with van der Waals surface area (Å²) in [5.74, 6) is 0.00131. The van der Waals surface area contributed by atoms with Gasteiger partial charge in [0.2, 0.25) is 0 Å². The fourth-order valence-corrected chi connectivity index (χ4v) is 2.79. The Bertz CT molecular complexity index is 652. The molecule has 0 atom stereocenters. The van der Waals surface area contributed by atoms with Gasteiger partial charge in [-0.15, -0.1) is 10.2 Å². The molecule has 21 heavy (non-hydrogen) atoms. The molecule has 0 radical (unpaired) electrons. The molecule has 5 nitrogen and oxygen atoms in total. The quantitative estimate of drug-likeness (QED) is 0.831. The van der Waals surface area contributed by atoms with E-state index in [-0.39, 0.29) is 5.75 Å². The minimum atomic E-state index is -0.854. The van der Waals surface area contributed by atoms with Crippen LogP contribution in [0.2, 0.25) is 0 Å². The summed E-state index contributed by atoms with van der Waals surface area (Å²) in [6.07, 6.45) is 1.78. The van der Waals surface area contributed by atoms with E-state index in [0.29, 0.717) is 5.16 Å². The number of rotatable bonds is 6. The highest BCUT2D eigenvalue weighted by Gasteiger charge is 2.16. The van der Waals surface area contributed by atoms with Crippen LogP contribution in [0.1, 0.15) is 30.3 Å². The lowest BCUT2D eigenvalue weighted by Gasteiger charge is -2.13. The summed E-state index contributed by atoms with van der Waals surface area (Å²) in [4.78, 5) is 10.8. The summed E-state index contributed by atoms with van der Waals surface area (Å²) in [6.45, 7) is 6.17. The number of hydrogen-bond acceptors (Lipinski definition) is 4. The second-order valence-corrected chi connectivity index (χ2v) is 5.90. The first-order valence-corrected chi connectivity index (χ1v) is 7.88. The summed E-state index contributed by atoms with van der Waals surface area (Å²) >= 11 is 1.20. The summed E-state index contributed by atoms with van der Waals surface area (Å²) < 4.78 is 1.99. The molecule has 0 saturated heterocycles. The maximum Gasteiger partial charge on any atom is 0.313 e. The number of aliphatic carboxylic acids is 1. The van der Waals surface area contributed by atoms with Gasteiger partial charge in [0.15, 0.2) is 5.16 Å². The van der Waals surface area contributed by atoms with Crippen molar-refractivity contribution in [2.75, 3.05) is 5.75 Å². The molecule has 2 rings (SSSR count). The third-order valence-electron chi connectivity index (χ3n) is 3.10. The first kappa shape index (κ1) is 15.6. The molecule has 6 heteroatoms. The molecular weight excluding hydrogens is 286 g/mol. The number of carboxylic acids is 1. The highest BCUT2D eigenvalue weighted by molar-refractivity contribution is 7.99. The third kappa shape index (κ3) is 3.64. The van der Waals surface area contributed by atoms with Crippen molar-refractivity contribution in [3.8, 4) is 5.69 Å². The van der Waals surface area contributed by atoms with Crippen molar-refractivity contribution in [1.82, 2.24) is 14.8 Å². The average molecular weight is 305 g/mol. The maximum atomic E-state index is 10.8. The summed E-state index contributed by atoms with van der Waals surface area (Å²) in [7, 11) is 0. The Hall–Kier alpha value is -1.82. The van der Waals surface area contributed by atoms with Crippen LogP contribution >= 0.6 is 11.8 Å². The van der Waals surface area contributed by atoms with Gasteiger partial charge in [-0.1, -0.05) is 30.8 Å². The van der Waals surface area contributed by atoms with Crippen LogP contribution in [0.25, 0.3) is 5.69 Å². The van der Waals surface area contributed by atoms with Crippen LogP contribution in [-0.4, -0.2) is 31.6 Å². The van der Waals surface area contributed by atoms with Crippen LogP contribution in [0.5, 0.6) is 0 Å². The van der Waals surface area contributed by atoms with E-state index in [4.69, 9.17) is 5.11 Å². The van der Waals surface area contributed by atoms with Crippen molar-refractivity contribution in [2.45, 2.75) is 38.8 Å². The standard InChI is InChI=1S/C15H19N3O2S/c1-4-5-13-16-17-15(21-9-14(19)20)18(13)12-8-10(2)6-7-11(12)3/h6-8H,4-5,9H2,1-3H3,(H,19,20). The average Bonchev–Trinajstić information content (AvgIpc) is 2.82. The van der Waals surface area contributed by atoms with E-state index in [1.165, 1.54) is 11.8 Å². The molecule has 0 aliphatic carbocycles. The first-order chi connectivity index (χ1) is 10.0. The van der Waals surface area contributed by atoms with Gasteiger partial charge in [-0.3, -0.25) is 9.36 Å². The molecular formula is C15H19N3O2S. The Labute approximate surface area is 128 Å². The molecule has 0 amide bonds. The van der Waals surface area contributed by atoms with Crippen LogP contribution in [0.4, 0.5) is 0 Å². The fourth-order valence-electron chi connectivity index (χ4n) is 2.11. The Morgan fingerprint density at radius 3 is 2.76 bits per heavy atom. The van der Waals surface area contributed by atoms with Crippen molar-refractivity contribution in [3.63, 3.8) is 0 Å². The largest absolute Gasteiger partial charge is 0.481 e. The van der Waals surface area contributed by atoms with E-state index < -0.39 is 5.97 Å². The van der Waals surface area contributed by atoms with Crippen LogP contribution in [0, 0.1) is 13.8 Å². The number of benzene rings is 1. The smallest absolute Gasteiger partial charge is 0.313 e. The van der Waals surface area contributed by atoms with E-state index in [9.17, 15) is 4.79 Å². The molecule has 0 fully saturated rings. The van der Waals surface area contributed by atoms with Gasteiger partial charge < -0.3 is 5.11 Å². The van der Waals surface area contributed by atoms with E-state index in [1.54, 1.807) is 0 Å². The summed E-state index contributed by atoms with van der Waals surface area (Å²) in [5, 5.41) is 17.9. The number of carbonyl (C=O) groups is 1. The van der Waals surface area contributed by atoms with Crippen LogP contribution in [0.15, 0.2) is 23.4 Å². The summed E-state index contributed by atoms with van der Waals surface area (Å²) in [5.41, 5.74) is 3.30. The lowest BCUT2D eigenvalue weighted by atomic mass is 10.1. The molecule has 2 aromatic rings. The number of hydrogen-bond donors (Lipinski definition) is 1. The van der Waals surface area contributed by atoms with E-state index in [0.717, 1.165) is 35.5 Å². The molecule has 1 aromatic heterocycles. The van der Waals surface area contributed by atoms with Crippen molar-refractivity contribution in [1.29, 1.82) is 0 Å². The van der Waals surface area contributed by atoms with Crippen LogP contribution in [-0.2, 0) is 11.2 Å². The number of nitrogens with zero attached hydrogens (tertiary/aromatic N) is 3. The highest BCUT2D eigenvalue weighted by atomic mass is 32.2. The van der Waals surface area contributed by atoms with Crippen LogP contribution < -0.4 is 0 Å².